The predicted molar refractivity (Wildman–Crippen MR) is 93.3 cm³/mol. The molecule has 0 saturated heterocycles. The predicted octanol–water partition coefficient (Wildman–Crippen LogP) is 3.27. The number of rotatable bonds is 5. The van der Waals surface area contributed by atoms with Gasteiger partial charge < -0.3 is 9.88 Å². The Morgan fingerprint density at radius 1 is 1.38 bits per heavy atom. The molecular formula is C18H22FN3OS. The second-order valence-electron chi connectivity index (χ2n) is 6.95. The van der Waals surface area contributed by atoms with Gasteiger partial charge >= 0.3 is 0 Å². The summed E-state index contributed by atoms with van der Waals surface area (Å²) in [6.45, 7) is 4.58. The van der Waals surface area contributed by atoms with Crippen LogP contribution in [0.25, 0.3) is 0 Å². The molecule has 1 heterocycles. The fourth-order valence-corrected chi connectivity index (χ4v) is 4.02. The van der Waals surface area contributed by atoms with E-state index in [0.29, 0.717) is 6.54 Å². The number of carbonyl (C=O) groups is 1. The number of halogens is 1. The standard InChI is InChI=1S/C18H22FN3OS/c1-17(2)11-18(17,12-5-7-13(19)8-6-12)15(23)20-9-14-10-21-16(24-4)22(14)3/h5-8,10H,9,11H2,1-4H3,(H,20,23). The number of carbonyl (C=O) groups excluding carboxylic acids is 1. The van der Waals surface area contributed by atoms with E-state index >= 15 is 0 Å². The van der Waals surface area contributed by atoms with Crippen molar-refractivity contribution in [3.05, 3.63) is 47.5 Å². The number of nitrogens with one attached hydrogen (secondary N) is 1. The zero-order chi connectivity index (χ0) is 17.5. The van der Waals surface area contributed by atoms with E-state index in [1.54, 1.807) is 30.1 Å². The monoisotopic (exact) mass is 347 g/mol. The Bertz CT molecular complexity index is 769. The van der Waals surface area contributed by atoms with Gasteiger partial charge in [-0.2, -0.15) is 0 Å². The quantitative estimate of drug-likeness (QED) is 0.845. The minimum absolute atomic E-state index is 0.00832. The summed E-state index contributed by atoms with van der Waals surface area (Å²) in [5.41, 5.74) is 1.12. The van der Waals surface area contributed by atoms with Crippen molar-refractivity contribution < 1.29 is 9.18 Å². The smallest absolute Gasteiger partial charge is 0.231 e. The highest BCUT2D eigenvalue weighted by Gasteiger charge is 2.66. The normalized spacial score (nSPS) is 21.5. The molecule has 1 aromatic carbocycles. The minimum atomic E-state index is -0.582. The van der Waals surface area contributed by atoms with Crippen molar-refractivity contribution in [1.82, 2.24) is 14.9 Å². The van der Waals surface area contributed by atoms with E-state index in [-0.39, 0.29) is 17.1 Å². The molecule has 1 aliphatic rings. The summed E-state index contributed by atoms with van der Waals surface area (Å²) in [6.07, 6.45) is 4.52. The first-order valence-corrected chi connectivity index (χ1v) is 9.13. The molecule has 0 radical (unpaired) electrons. The fourth-order valence-electron chi connectivity index (χ4n) is 3.47. The van der Waals surface area contributed by atoms with Gasteiger partial charge in [-0.15, -0.1) is 0 Å². The molecule has 0 bridgehead atoms. The molecule has 6 heteroatoms. The molecule has 1 N–H and O–H groups in total. The second kappa shape index (κ2) is 5.92. The van der Waals surface area contributed by atoms with Crippen LogP contribution in [-0.4, -0.2) is 21.7 Å². The maximum absolute atomic E-state index is 13.2. The van der Waals surface area contributed by atoms with Crippen LogP contribution in [0.4, 0.5) is 4.39 Å². The van der Waals surface area contributed by atoms with E-state index in [1.165, 1.54) is 12.1 Å². The van der Waals surface area contributed by atoms with E-state index < -0.39 is 5.41 Å². The van der Waals surface area contributed by atoms with Crippen LogP contribution in [-0.2, 0) is 23.8 Å². The molecule has 1 aromatic heterocycles. The highest BCUT2D eigenvalue weighted by molar-refractivity contribution is 7.98. The number of imidazole rings is 1. The van der Waals surface area contributed by atoms with Crippen LogP contribution in [0, 0.1) is 11.2 Å². The third-order valence-corrected chi connectivity index (χ3v) is 5.86. The number of hydrogen-bond acceptors (Lipinski definition) is 3. The molecule has 1 amide bonds. The first kappa shape index (κ1) is 17.0. The average molecular weight is 347 g/mol. The van der Waals surface area contributed by atoms with Crippen LogP contribution in [0.3, 0.4) is 0 Å². The second-order valence-corrected chi connectivity index (χ2v) is 7.72. The fraction of sp³-hybridized carbons (Fsp3) is 0.444. The summed E-state index contributed by atoms with van der Waals surface area (Å²) in [4.78, 5) is 17.3. The molecule has 1 unspecified atom stereocenters. The summed E-state index contributed by atoms with van der Waals surface area (Å²) < 4.78 is 15.2. The van der Waals surface area contributed by atoms with Crippen LogP contribution in [0.5, 0.6) is 0 Å². The maximum Gasteiger partial charge on any atom is 0.231 e. The van der Waals surface area contributed by atoms with Crippen LogP contribution in [0.15, 0.2) is 35.6 Å². The first-order chi connectivity index (χ1) is 11.3. The van der Waals surface area contributed by atoms with Crippen molar-refractivity contribution >= 4 is 17.7 Å². The molecule has 1 saturated carbocycles. The van der Waals surface area contributed by atoms with Gasteiger partial charge in [0.25, 0.3) is 0 Å². The Morgan fingerprint density at radius 3 is 2.50 bits per heavy atom. The summed E-state index contributed by atoms with van der Waals surface area (Å²) >= 11 is 1.57. The van der Waals surface area contributed by atoms with Gasteiger partial charge in [0.2, 0.25) is 5.91 Å². The summed E-state index contributed by atoms with van der Waals surface area (Å²) in [6, 6.07) is 6.29. The largest absolute Gasteiger partial charge is 0.350 e. The van der Waals surface area contributed by atoms with E-state index in [4.69, 9.17) is 0 Å². The van der Waals surface area contributed by atoms with Crippen LogP contribution >= 0.6 is 11.8 Å². The van der Waals surface area contributed by atoms with Gasteiger partial charge in [0.05, 0.1) is 23.9 Å². The number of aromatic nitrogens is 2. The van der Waals surface area contributed by atoms with Gasteiger partial charge in [-0.05, 0) is 35.8 Å². The van der Waals surface area contributed by atoms with Gasteiger partial charge in [0.1, 0.15) is 5.82 Å². The van der Waals surface area contributed by atoms with Gasteiger partial charge in [-0.3, -0.25) is 4.79 Å². The summed E-state index contributed by atoms with van der Waals surface area (Å²) in [5, 5.41) is 3.96. The third-order valence-electron chi connectivity index (χ3n) is 5.12. The molecule has 1 fully saturated rings. The highest BCUT2D eigenvalue weighted by Crippen LogP contribution is 2.64. The van der Waals surface area contributed by atoms with Gasteiger partial charge in [-0.1, -0.05) is 37.7 Å². The van der Waals surface area contributed by atoms with Crippen molar-refractivity contribution in [3.8, 4) is 0 Å². The number of nitrogens with zero attached hydrogens (tertiary/aromatic N) is 2. The third kappa shape index (κ3) is 2.62. The zero-order valence-electron chi connectivity index (χ0n) is 14.4. The Morgan fingerprint density at radius 2 is 2.00 bits per heavy atom. The summed E-state index contributed by atoms with van der Waals surface area (Å²) in [5.74, 6) is -0.293. The van der Waals surface area contributed by atoms with Crippen molar-refractivity contribution in [3.63, 3.8) is 0 Å². The number of thioether (sulfide) groups is 1. The molecule has 0 aliphatic heterocycles. The number of amides is 1. The Kier molecular flexibility index (Phi) is 4.20. The first-order valence-electron chi connectivity index (χ1n) is 7.91. The van der Waals surface area contributed by atoms with E-state index in [9.17, 15) is 9.18 Å². The topological polar surface area (TPSA) is 46.9 Å². The molecule has 0 spiro atoms. The van der Waals surface area contributed by atoms with E-state index in [2.05, 4.69) is 24.1 Å². The summed E-state index contributed by atoms with van der Waals surface area (Å²) in [7, 11) is 1.94. The van der Waals surface area contributed by atoms with Crippen LogP contribution in [0.2, 0.25) is 0 Å². The molecule has 2 aromatic rings. The van der Waals surface area contributed by atoms with E-state index in [1.807, 2.05) is 17.9 Å². The molecule has 1 atom stereocenters. The Labute approximate surface area is 145 Å². The molecule has 3 rings (SSSR count). The molecule has 1 aliphatic carbocycles. The lowest BCUT2D eigenvalue weighted by atomic mass is 9.87. The average Bonchev–Trinajstić information content (AvgIpc) is 2.96. The number of hydrogen-bond donors (Lipinski definition) is 1. The van der Waals surface area contributed by atoms with Crippen LogP contribution < -0.4 is 5.32 Å². The SMILES string of the molecule is CSc1ncc(CNC(=O)C2(c3ccc(F)cc3)CC2(C)C)n1C. The lowest BCUT2D eigenvalue weighted by Crippen LogP contribution is -2.37. The highest BCUT2D eigenvalue weighted by atomic mass is 32.2. The Hall–Kier alpha value is -1.82. The van der Waals surface area contributed by atoms with Crippen molar-refractivity contribution in [2.24, 2.45) is 12.5 Å². The van der Waals surface area contributed by atoms with Gasteiger partial charge in [-0.25, -0.2) is 9.37 Å². The maximum atomic E-state index is 13.2. The van der Waals surface area contributed by atoms with Crippen molar-refractivity contribution in [2.75, 3.05) is 6.26 Å². The van der Waals surface area contributed by atoms with Crippen LogP contribution in [0.1, 0.15) is 31.5 Å². The minimum Gasteiger partial charge on any atom is -0.350 e. The van der Waals surface area contributed by atoms with Gasteiger partial charge in [0, 0.05) is 7.05 Å². The Balaban J connectivity index is 1.79. The lowest BCUT2D eigenvalue weighted by molar-refractivity contribution is -0.124. The number of benzene rings is 1. The van der Waals surface area contributed by atoms with Crippen molar-refractivity contribution in [1.29, 1.82) is 0 Å². The molecule has 24 heavy (non-hydrogen) atoms. The van der Waals surface area contributed by atoms with E-state index in [0.717, 1.165) is 22.8 Å². The van der Waals surface area contributed by atoms with Crippen molar-refractivity contribution in [2.45, 2.75) is 37.4 Å². The zero-order valence-corrected chi connectivity index (χ0v) is 15.2. The molecule has 128 valence electrons. The van der Waals surface area contributed by atoms with Gasteiger partial charge in [0.15, 0.2) is 5.16 Å². The molecule has 4 nitrogen and oxygen atoms in total. The molecular weight excluding hydrogens is 325 g/mol. The lowest BCUT2D eigenvalue weighted by Gasteiger charge is -2.21.